The van der Waals surface area contributed by atoms with Crippen molar-refractivity contribution in [1.82, 2.24) is 0 Å². The lowest BCUT2D eigenvalue weighted by molar-refractivity contribution is 0.215. The Kier molecular flexibility index (Phi) is 4.01. The van der Waals surface area contributed by atoms with E-state index in [4.69, 9.17) is 21.6 Å². The van der Waals surface area contributed by atoms with E-state index in [0.717, 1.165) is 0 Å². The molecule has 0 aliphatic carbocycles. The Balaban J connectivity index is 2.11. The number of anilines is 1. The van der Waals surface area contributed by atoms with Crippen molar-refractivity contribution in [3.63, 3.8) is 0 Å². The van der Waals surface area contributed by atoms with Gasteiger partial charge in [-0.15, -0.1) is 0 Å². The summed E-state index contributed by atoms with van der Waals surface area (Å²) >= 11 is 5.82. The average molecular weight is 273 g/mol. The van der Waals surface area contributed by atoms with Crippen LogP contribution in [0.5, 0.6) is 5.75 Å². The smallest absolute Gasteiger partial charge is 0.410 e. The Bertz CT molecular complexity index is 636. The first-order valence-electron chi connectivity index (χ1n) is 5.42. The zero-order chi connectivity index (χ0) is 13.7. The molecule has 5 heteroatoms. The van der Waals surface area contributed by atoms with Gasteiger partial charge in [0.25, 0.3) is 0 Å². The highest BCUT2D eigenvalue weighted by Gasteiger charge is 2.09. The van der Waals surface area contributed by atoms with Crippen LogP contribution in [0.25, 0.3) is 0 Å². The van der Waals surface area contributed by atoms with Crippen molar-refractivity contribution < 1.29 is 9.53 Å². The van der Waals surface area contributed by atoms with E-state index in [-0.39, 0.29) is 0 Å². The number of hydrogen-bond acceptors (Lipinski definition) is 3. The molecule has 2 rings (SSSR count). The van der Waals surface area contributed by atoms with Gasteiger partial charge in [0.15, 0.2) is 0 Å². The van der Waals surface area contributed by atoms with Crippen molar-refractivity contribution in [2.45, 2.75) is 0 Å². The summed E-state index contributed by atoms with van der Waals surface area (Å²) in [4.78, 5) is 11.7. The molecule has 1 N–H and O–H groups in total. The second kappa shape index (κ2) is 5.89. The maximum Gasteiger partial charge on any atom is 0.417 e. The van der Waals surface area contributed by atoms with Gasteiger partial charge in [0.1, 0.15) is 11.8 Å². The third kappa shape index (κ3) is 3.47. The third-order valence-corrected chi connectivity index (χ3v) is 2.53. The van der Waals surface area contributed by atoms with E-state index >= 15 is 0 Å². The van der Waals surface area contributed by atoms with E-state index in [1.165, 1.54) is 12.1 Å². The number of amides is 1. The summed E-state index contributed by atoms with van der Waals surface area (Å²) in [6.07, 6.45) is -0.676. The number of nitrogens with one attached hydrogen (secondary N) is 1. The normalized spacial score (nSPS) is 9.47. The number of hydrogen-bond donors (Lipinski definition) is 1. The monoisotopic (exact) mass is 272 g/mol. The number of ether oxygens (including phenoxy) is 1. The predicted octanol–water partition coefficient (Wildman–Crippen LogP) is 3.82. The summed E-state index contributed by atoms with van der Waals surface area (Å²) in [5.41, 5.74) is 0.630. The van der Waals surface area contributed by atoms with E-state index in [1.54, 1.807) is 30.3 Å². The molecule has 0 heterocycles. The minimum absolute atomic E-state index is 0.314. The molecule has 94 valence electrons. The largest absolute Gasteiger partial charge is 0.417 e. The Morgan fingerprint density at radius 1 is 1.21 bits per heavy atom. The second-order valence-corrected chi connectivity index (χ2v) is 4.07. The molecule has 0 unspecified atom stereocenters. The highest BCUT2D eigenvalue weighted by molar-refractivity contribution is 6.31. The second-order valence-electron chi connectivity index (χ2n) is 3.63. The van der Waals surface area contributed by atoms with E-state index in [9.17, 15) is 4.79 Å². The van der Waals surface area contributed by atoms with Crippen molar-refractivity contribution in [3.8, 4) is 11.8 Å². The van der Waals surface area contributed by atoms with Gasteiger partial charge in [-0.2, -0.15) is 5.26 Å². The summed E-state index contributed by atoms with van der Waals surface area (Å²) in [5.74, 6) is 0.417. The van der Waals surface area contributed by atoms with E-state index in [1.807, 2.05) is 12.1 Å². The van der Waals surface area contributed by atoms with Crippen molar-refractivity contribution in [2.75, 3.05) is 5.32 Å². The van der Waals surface area contributed by atoms with Crippen molar-refractivity contribution in [2.24, 2.45) is 0 Å². The number of halogens is 1. The standard InChI is InChI=1S/C14H9ClN2O2/c15-11-7-6-10(9-16)13(8-11)17-14(18)19-12-4-2-1-3-5-12/h1-8H,(H,17,18). The van der Waals surface area contributed by atoms with Crippen LogP contribution in [-0.4, -0.2) is 6.09 Å². The topological polar surface area (TPSA) is 62.1 Å². The van der Waals surface area contributed by atoms with Gasteiger partial charge in [-0.1, -0.05) is 29.8 Å². The summed E-state index contributed by atoms with van der Waals surface area (Å²) in [6.45, 7) is 0. The fourth-order valence-electron chi connectivity index (χ4n) is 1.45. The minimum atomic E-state index is -0.676. The van der Waals surface area contributed by atoms with E-state index < -0.39 is 6.09 Å². The Labute approximate surface area is 115 Å². The number of carbonyl (C=O) groups excluding carboxylic acids is 1. The van der Waals surface area contributed by atoms with Gasteiger partial charge < -0.3 is 4.74 Å². The molecule has 0 aliphatic rings. The molecule has 0 saturated carbocycles. The lowest BCUT2D eigenvalue weighted by atomic mass is 10.2. The third-order valence-electron chi connectivity index (χ3n) is 2.29. The van der Waals surface area contributed by atoms with Gasteiger partial charge in [-0.25, -0.2) is 4.79 Å². The van der Waals surface area contributed by atoms with Gasteiger partial charge in [0.05, 0.1) is 11.3 Å². The molecule has 2 aromatic rings. The molecule has 0 saturated heterocycles. The zero-order valence-electron chi connectivity index (χ0n) is 9.76. The predicted molar refractivity (Wildman–Crippen MR) is 72.3 cm³/mol. The molecule has 2 aromatic carbocycles. The van der Waals surface area contributed by atoms with E-state index in [2.05, 4.69) is 5.32 Å². The Hall–Kier alpha value is -2.51. The van der Waals surface area contributed by atoms with Crippen LogP contribution < -0.4 is 10.1 Å². The number of nitrogens with zero attached hydrogens (tertiary/aromatic N) is 1. The molecule has 0 radical (unpaired) electrons. The lowest BCUT2D eigenvalue weighted by Crippen LogP contribution is -2.17. The van der Waals surface area contributed by atoms with Crippen molar-refractivity contribution in [1.29, 1.82) is 5.26 Å². The van der Waals surface area contributed by atoms with Gasteiger partial charge in [-0.3, -0.25) is 5.32 Å². The highest BCUT2D eigenvalue weighted by atomic mass is 35.5. The minimum Gasteiger partial charge on any atom is -0.410 e. The molecule has 0 aliphatic heterocycles. The quantitative estimate of drug-likeness (QED) is 0.904. The van der Waals surface area contributed by atoms with Crippen LogP contribution in [0.1, 0.15) is 5.56 Å². The molecular weight excluding hydrogens is 264 g/mol. The summed E-state index contributed by atoms with van der Waals surface area (Å²) in [6, 6.07) is 15.2. The first kappa shape index (κ1) is 12.9. The number of carbonyl (C=O) groups is 1. The summed E-state index contributed by atoms with van der Waals surface area (Å²) in [7, 11) is 0. The summed E-state index contributed by atoms with van der Waals surface area (Å²) in [5, 5.41) is 11.8. The number of para-hydroxylation sites is 1. The van der Waals surface area contributed by atoms with Gasteiger partial charge in [0, 0.05) is 5.02 Å². The van der Waals surface area contributed by atoms with Crippen molar-refractivity contribution >= 4 is 23.4 Å². The fourth-order valence-corrected chi connectivity index (χ4v) is 1.62. The maximum absolute atomic E-state index is 11.7. The fraction of sp³-hybridized carbons (Fsp3) is 0. The van der Waals surface area contributed by atoms with Crippen LogP contribution in [0, 0.1) is 11.3 Å². The van der Waals surface area contributed by atoms with Crippen LogP contribution in [0.2, 0.25) is 5.02 Å². The van der Waals surface area contributed by atoms with Crippen LogP contribution in [-0.2, 0) is 0 Å². The van der Waals surface area contributed by atoms with Crippen LogP contribution in [0.15, 0.2) is 48.5 Å². The first-order chi connectivity index (χ1) is 9.19. The molecule has 0 aromatic heterocycles. The lowest BCUT2D eigenvalue weighted by Gasteiger charge is -2.08. The van der Waals surface area contributed by atoms with Gasteiger partial charge in [-0.05, 0) is 30.3 Å². The zero-order valence-corrected chi connectivity index (χ0v) is 10.5. The van der Waals surface area contributed by atoms with Crippen molar-refractivity contribution in [3.05, 3.63) is 59.1 Å². The molecule has 1 amide bonds. The number of nitriles is 1. The highest BCUT2D eigenvalue weighted by Crippen LogP contribution is 2.21. The van der Waals surface area contributed by atoms with Crippen LogP contribution in [0.4, 0.5) is 10.5 Å². The Morgan fingerprint density at radius 2 is 1.95 bits per heavy atom. The first-order valence-corrected chi connectivity index (χ1v) is 5.80. The molecule has 19 heavy (non-hydrogen) atoms. The molecule has 0 spiro atoms. The average Bonchev–Trinajstić information content (AvgIpc) is 2.40. The Morgan fingerprint density at radius 3 is 2.63 bits per heavy atom. The molecular formula is C14H9ClN2O2. The van der Waals surface area contributed by atoms with Gasteiger partial charge >= 0.3 is 6.09 Å². The maximum atomic E-state index is 11.7. The SMILES string of the molecule is N#Cc1ccc(Cl)cc1NC(=O)Oc1ccccc1. The summed E-state index contributed by atoms with van der Waals surface area (Å²) < 4.78 is 5.06. The molecule has 0 fully saturated rings. The number of rotatable bonds is 2. The molecule has 0 atom stereocenters. The number of benzene rings is 2. The van der Waals surface area contributed by atoms with Gasteiger partial charge in [0.2, 0.25) is 0 Å². The van der Waals surface area contributed by atoms with E-state index in [0.29, 0.717) is 22.0 Å². The molecule has 4 nitrogen and oxygen atoms in total. The van der Waals surface area contributed by atoms with Crippen LogP contribution >= 0.6 is 11.6 Å². The molecule has 0 bridgehead atoms. The van der Waals surface area contributed by atoms with Crippen LogP contribution in [0.3, 0.4) is 0 Å².